The number of aryl methyl sites for hydroxylation is 1. The van der Waals surface area contributed by atoms with Gasteiger partial charge < -0.3 is 0 Å². The van der Waals surface area contributed by atoms with Gasteiger partial charge in [0, 0.05) is 18.7 Å². The third-order valence-electron chi connectivity index (χ3n) is 2.46. The maximum atomic E-state index is 8.61. The number of rotatable bonds is 5. The van der Waals surface area contributed by atoms with Crippen LogP contribution in [0.5, 0.6) is 0 Å². The van der Waals surface area contributed by atoms with Crippen LogP contribution in [0, 0.1) is 24.2 Å². The molecule has 1 rings (SSSR count). The minimum absolute atomic E-state index is 0.148. The second-order valence-electron chi connectivity index (χ2n) is 4.12. The highest BCUT2D eigenvalue weighted by atomic mass is 14.7. The first-order valence-electron chi connectivity index (χ1n) is 5.68. The Morgan fingerprint density at radius 2 is 2.06 bits per heavy atom. The summed E-state index contributed by atoms with van der Waals surface area (Å²) in [7, 11) is 0. The summed E-state index contributed by atoms with van der Waals surface area (Å²) >= 11 is 0. The van der Waals surface area contributed by atoms with Crippen molar-refractivity contribution in [3.8, 4) is 6.07 Å². The van der Waals surface area contributed by atoms with E-state index in [2.05, 4.69) is 42.3 Å². The summed E-state index contributed by atoms with van der Waals surface area (Å²) < 4.78 is 0. The zero-order valence-corrected chi connectivity index (χ0v) is 9.98. The summed E-state index contributed by atoms with van der Waals surface area (Å²) in [6, 6.07) is 10.5. The predicted octanol–water partition coefficient (Wildman–Crippen LogP) is 3.35. The Morgan fingerprint density at radius 1 is 1.38 bits per heavy atom. The largest absolute Gasteiger partial charge is 0.293 e. The molecule has 0 aromatic heterocycles. The maximum absolute atomic E-state index is 8.61. The number of nitrogens with zero attached hydrogens (tertiary/aromatic N) is 2. The first-order valence-corrected chi connectivity index (χ1v) is 5.68. The number of benzene rings is 1. The first-order chi connectivity index (χ1) is 7.72. The van der Waals surface area contributed by atoms with E-state index < -0.39 is 0 Å². The van der Waals surface area contributed by atoms with Gasteiger partial charge in [-0.1, -0.05) is 29.8 Å². The van der Waals surface area contributed by atoms with E-state index in [1.54, 1.807) is 0 Å². The van der Waals surface area contributed by atoms with E-state index in [0.717, 1.165) is 24.9 Å². The van der Waals surface area contributed by atoms with Gasteiger partial charge in [0.05, 0.1) is 6.07 Å². The van der Waals surface area contributed by atoms with Gasteiger partial charge in [-0.05, 0) is 32.3 Å². The molecule has 0 aliphatic rings. The Balaban J connectivity index is 2.27. The molecule has 0 saturated heterocycles. The Labute approximate surface area is 97.6 Å². The molecule has 0 spiro atoms. The van der Waals surface area contributed by atoms with Crippen LogP contribution in [-0.4, -0.2) is 12.8 Å². The molecule has 1 aromatic carbocycles. The van der Waals surface area contributed by atoms with Gasteiger partial charge in [0.1, 0.15) is 0 Å². The third-order valence-corrected chi connectivity index (χ3v) is 2.46. The zero-order chi connectivity index (χ0) is 11.8. The van der Waals surface area contributed by atoms with Gasteiger partial charge in [-0.25, -0.2) is 0 Å². The molecule has 0 aliphatic carbocycles. The fourth-order valence-corrected chi connectivity index (χ4v) is 1.38. The van der Waals surface area contributed by atoms with Crippen LogP contribution < -0.4 is 0 Å². The Morgan fingerprint density at radius 3 is 2.69 bits per heavy atom. The lowest BCUT2D eigenvalue weighted by Gasteiger charge is -1.98. The van der Waals surface area contributed by atoms with Crippen LogP contribution >= 0.6 is 0 Å². The fourth-order valence-electron chi connectivity index (χ4n) is 1.38. The average molecular weight is 214 g/mol. The van der Waals surface area contributed by atoms with Crippen LogP contribution in [-0.2, 0) is 0 Å². The monoisotopic (exact) mass is 214 g/mol. The van der Waals surface area contributed by atoms with Crippen molar-refractivity contribution in [1.29, 1.82) is 5.26 Å². The molecular weight excluding hydrogens is 196 g/mol. The Hall–Kier alpha value is -1.62. The van der Waals surface area contributed by atoms with Crippen LogP contribution in [0.1, 0.15) is 30.9 Å². The molecule has 2 heteroatoms. The fraction of sp³-hybridized carbons (Fsp3) is 0.429. The van der Waals surface area contributed by atoms with Crippen molar-refractivity contribution >= 4 is 6.21 Å². The van der Waals surface area contributed by atoms with Crippen molar-refractivity contribution < 1.29 is 0 Å². The van der Waals surface area contributed by atoms with E-state index >= 15 is 0 Å². The summed E-state index contributed by atoms with van der Waals surface area (Å²) in [4.78, 5) is 4.34. The second kappa shape index (κ2) is 6.79. The lowest BCUT2D eigenvalue weighted by Crippen LogP contribution is -1.92. The Kier molecular flexibility index (Phi) is 5.28. The zero-order valence-electron chi connectivity index (χ0n) is 9.98. The molecule has 1 unspecified atom stereocenters. The average Bonchev–Trinajstić information content (AvgIpc) is 2.31. The molecular formula is C14H18N2. The molecule has 0 aliphatic heterocycles. The van der Waals surface area contributed by atoms with Crippen molar-refractivity contribution in [3.05, 3.63) is 35.4 Å². The second-order valence-corrected chi connectivity index (χ2v) is 4.12. The minimum atomic E-state index is 0.148. The molecule has 84 valence electrons. The molecule has 0 radical (unpaired) electrons. The van der Waals surface area contributed by atoms with E-state index in [4.69, 9.17) is 5.26 Å². The molecule has 0 bridgehead atoms. The van der Waals surface area contributed by atoms with Crippen molar-refractivity contribution in [2.45, 2.75) is 26.7 Å². The van der Waals surface area contributed by atoms with E-state index in [1.807, 2.05) is 13.1 Å². The summed E-state index contributed by atoms with van der Waals surface area (Å²) in [6.45, 7) is 4.83. The van der Waals surface area contributed by atoms with Crippen LogP contribution in [0.3, 0.4) is 0 Å². The molecule has 1 aromatic rings. The van der Waals surface area contributed by atoms with Gasteiger partial charge in [0.2, 0.25) is 0 Å². The molecule has 0 amide bonds. The highest BCUT2D eigenvalue weighted by Gasteiger charge is 1.96. The normalized spacial score (nSPS) is 12.6. The Bertz CT molecular complexity index is 371. The quantitative estimate of drug-likeness (QED) is 0.547. The molecule has 2 nitrogen and oxygen atoms in total. The summed E-state index contributed by atoms with van der Waals surface area (Å²) in [5.74, 6) is 0.148. The summed E-state index contributed by atoms with van der Waals surface area (Å²) in [6.07, 6.45) is 3.81. The van der Waals surface area contributed by atoms with Crippen LogP contribution in [0.4, 0.5) is 0 Å². The molecule has 16 heavy (non-hydrogen) atoms. The highest BCUT2D eigenvalue weighted by molar-refractivity contribution is 5.79. The van der Waals surface area contributed by atoms with Crippen LogP contribution in [0.2, 0.25) is 0 Å². The van der Waals surface area contributed by atoms with Gasteiger partial charge in [-0.2, -0.15) is 5.26 Å². The van der Waals surface area contributed by atoms with E-state index in [-0.39, 0.29) is 5.92 Å². The molecule has 0 heterocycles. The minimum Gasteiger partial charge on any atom is -0.293 e. The molecule has 0 fully saturated rings. The van der Waals surface area contributed by atoms with Gasteiger partial charge in [-0.3, -0.25) is 4.99 Å². The van der Waals surface area contributed by atoms with Crippen LogP contribution in [0.15, 0.2) is 29.3 Å². The molecule has 0 N–H and O–H groups in total. The predicted molar refractivity (Wildman–Crippen MR) is 67.7 cm³/mol. The molecule has 1 atom stereocenters. The lowest BCUT2D eigenvalue weighted by atomic mass is 10.1. The third kappa shape index (κ3) is 4.75. The maximum Gasteiger partial charge on any atom is 0.0652 e. The lowest BCUT2D eigenvalue weighted by molar-refractivity contribution is 0.625. The van der Waals surface area contributed by atoms with Crippen molar-refractivity contribution in [1.82, 2.24) is 0 Å². The van der Waals surface area contributed by atoms with E-state index in [9.17, 15) is 0 Å². The van der Waals surface area contributed by atoms with E-state index in [1.165, 1.54) is 5.56 Å². The topological polar surface area (TPSA) is 36.1 Å². The van der Waals surface area contributed by atoms with Crippen molar-refractivity contribution in [3.63, 3.8) is 0 Å². The number of hydrogen-bond donors (Lipinski definition) is 0. The van der Waals surface area contributed by atoms with Gasteiger partial charge in [0.25, 0.3) is 0 Å². The van der Waals surface area contributed by atoms with Gasteiger partial charge in [-0.15, -0.1) is 0 Å². The number of hydrogen-bond acceptors (Lipinski definition) is 2. The number of aliphatic imine (C=N–C) groups is 1. The summed E-state index contributed by atoms with van der Waals surface area (Å²) in [5, 5.41) is 8.61. The van der Waals surface area contributed by atoms with Crippen molar-refractivity contribution in [2.24, 2.45) is 10.9 Å². The number of nitriles is 1. The van der Waals surface area contributed by atoms with E-state index in [0.29, 0.717) is 0 Å². The summed E-state index contributed by atoms with van der Waals surface area (Å²) in [5.41, 5.74) is 2.40. The SMILES string of the molecule is Cc1ccc(/C=N/CCCC(C)C#N)cc1. The van der Waals surface area contributed by atoms with Crippen molar-refractivity contribution in [2.75, 3.05) is 6.54 Å². The first kappa shape index (κ1) is 12.4. The highest BCUT2D eigenvalue weighted by Crippen LogP contribution is 2.04. The van der Waals surface area contributed by atoms with Crippen LogP contribution in [0.25, 0.3) is 0 Å². The standard InChI is InChI=1S/C14H18N2/c1-12-5-7-14(8-6-12)11-16-9-3-4-13(2)10-15/h5-8,11,13H,3-4,9H2,1-2H3/b16-11+. The van der Waals surface area contributed by atoms with Gasteiger partial charge >= 0.3 is 0 Å². The smallest absolute Gasteiger partial charge is 0.0652 e. The van der Waals surface area contributed by atoms with Gasteiger partial charge in [0.15, 0.2) is 0 Å². The molecule has 0 saturated carbocycles.